The van der Waals surface area contributed by atoms with E-state index in [1.54, 1.807) is 24.3 Å². The molecule has 1 fully saturated rings. The molecule has 4 nitrogen and oxygen atoms in total. The molecule has 3 aromatic carbocycles. The first kappa shape index (κ1) is 16.3. The summed E-state index contributed by atoms with van der Waals surface area (Å²) in [6.07, 6.45) is 0.824. The average molecular weight is 345 g/mol. The summed E-state index contributed by atoms with van der Waals surface area (Å²) < 4.78 is 4.78. The molecule has 3 aromatic rings. The van der Waals surface area contributed by atoms with Gasteiger partial charge in [0.05, 0.1) is 18.4 Å². The van der Waals surface area contributed by atoms with Crippen molar-refractivity contribution in [3.63, 3.8) is 0 Å². The van der Waals surface area contributed by atoms with Crippen molar-refractivity contribution >= 4 is 28.3 Å². The summed E-state index contributed by atoms with van der Waals surface area (Å²) >= 11 is 0. The molecule has 0 radical (unpaired) electrons. The van der Waals surface area contributed by atoms with Crippen molar-refractivity contribution in [3.8, 4) is 0 Å². The van der Waals surface area contributed by atoms with E-state index in [9.17, 15) is 9.59 Å². The lowest BCUT2D eigenvalue weighted by molar-refractivity contribution is -0.117. The van der Waals surface area contributed by atoms with E-state index in [4.69, 9.17) is 4.74 Å². The van der Waals surface area contributed by atoms with Crippen molar-refractivity contribution < 1.29 is 14.3 Å². The van der Waals surface area contributed by atoms with Crippen molar-refractivity contribution in [2.24, 2.45) is 5.92 Å². The van der Waals surface area contributed by atoms with E-state index in [1.807, 2.05) is 12.1 Å². The highest BCUT2D eigenvalue weighted by Crippen LogP contribution is 2.48. The van der Waals surface area contributed by atoms with Gasteiger partial charge >= 0.3 is 5.97 Å². The van der Waals surface area contributed by atoms with Crippen molar-refractivity contribution in [2.45, 2.75) is 12.3 Å². The van der Waals surface area contributed by atoms with E-state index in [2.05, 4.69) is 35.6 Å². The summed E-state index contributed by atoms with van der Waals surface area (Å²) in [6.45, 7) is 0. The quantitative estimate of drug-likeness (QED) is 0.715. The Morgan fingerprint density at radius 2 is 1.69 bits per heavy atom. The van der Waals surface area contributed by atoms with Crippen LogP contribution in [0, 0.1) is 5.92 Å². The second-order valence-corrected chi connectivity index (χ2v) is 6.58. The van der Waals surface area contributed by atoms with Gasteiger partial charge in [0, 0.05) is 5.92 Å². The van der Waals surface area contributed by atoms with Crippen LogP contribution in [0.2, 0.25) is 0 Å². The summed E-state index contributed by atoms with van der Waals surface area (Å²) in [6, 6.07) is 21.5. The fraction of sp³-hybridized carbons (Fsp3) is 0.182. The number of hydrogen-bond donors (Lipinski definition) is 1. The summed E-state index contributed by atoms with van der Waals surface area (Å²) in [5.41, 5.74) is 2.05. The van der Waals surface area contributed by atoms with Gasteiger partial charge in [0.15, 0.2) is 0 Å². The zero-order valence-electron chi connectivity index (χ0n) is 14.4. The second-order valence-electron chi connectivity index (χ2n) is 6.58. The lowest BCUT2D eigenvalue weighted by atomic mass is 10.0. The zero-order valence-corrected chi connectivity index (χ0v) is 14.4. The Morgan fingerprint density at radius 3 is 2.50 bits per heavy atom. The summed E-state index contributed by atoms with van der Waals surface area (Å²) in [7, 11) is 1.33. The zero-order chi connectivity index (χ0) is 18.1. The largest absolute Gasteiger partial charge is 0.465 e. The number of anilines is 1. The van der Waals surface area contributed by atoms with Crippen LogP contribution in [-0.4, -0.2) is 19.0 Å². The molecule has 0 aromatic heterocycles. The molecule has 0 bridgehead atoms. The minimum absolute atomic E-state index is 0.0560. The number of fused-ring (bicyclic) bond motifs is 1. The standard InChI is InChI=1S/C22H19NO3/c1-26-22(25)17-8-4-5-9-20(17)23-21(24)19-13-18(19)16-11-10-14-6-2-3-7-15(14)12-16/h2-12,18-19H,13H2,1H3,(H,23,24)/t18-,19+/m0/s1. The van der Waals surface area contributed by atoms with Crippen LogP contribution in [0.4, 0.5) is 5.69 Å². The Labute approximate surface area is 151 Å². The molecule has 4 rings (SSSR count). The third-order valence-electron chi connectivity index (χ3n) is 4.92. The van der Waals surface area contributed by atoms with E-state index in [-0.39, 0.29) is 17.7 Å². The highest BCUT2D eigenvalue weighted by Gasteiger charge is 2.44. The summed E-state index contributed by atoms with van der Waals surface area (Å²) in [4.78, 5) is 24.5. The van der Waals surface area contributed by atoms with Crippen molar-refractivity contribution in [1.29, 1.82) is 0 Å². The number of amides is 1. The number of carbonyl (C=O) groups is 2. The Hall–Kier alpha value is -3.14. The monoisotopic (exact) mass is 345 g/mol. The normalized spacial score (nSPS) is 18.3. The van der Waals surface area contributed by atoms with Gasteiger partial charge in [-0.15, -0.1) is 0 Å². The molecule has 2 atom stereocenters. The number of ether oxygens (including phenoxy) is 1. The minimum atomic E-state index is -0.456. The van der Waals surface area contributed by atoms with E-state index >= 15 is 0 Å². The fourth-order valence-corrected chi connectivity index (χ4v) is 3.40. The molecule has 0 saturated heterocycles. The number of methoxy groups -OCH3 is 1. The van der Waals surface area contributed by atoms with Crippen LogP contribution in [-0.2, 0) is 9.53 Å². The number of esters is 1. The molecule has 4 heteroatoms. The highest BCUT2D eigenvalue weighted by atomic mass is 16.5. The van der Waals surface area contributed by atoms with Crippen molar-refractivity contribution in [1.82, 2.24) is 0 Å². The van der Waals surface area contributed by atoms with E-state index in [1.165, 1.54) is 23.4 Å². The molecule has 130 valence electrons. The number of hydrogen-bond acceptors (Lipinski definition) is 3. The van der Waals surface area contributed by atoms with Gasteiger partial charge in [-0.2, -0.15) is 0 Å². The first-order chi connectivity index (χ1) is 12.7. The molecule has 0 aliphatic heterocycles. The third kappa shape index (κ3) is 3.06. The summed E-state index contributed by atoms with van der Waals surface area (Å²) in [5, 5.41) is 5.27. The van der Waals surface area contributed by atoms with Gasteiger partial charge in [-0.05, 0) is 40.8 Å². The lowest BCUT2D eigenvalue weighted by Gasteiger charge is -2.09. The smallest absolute Gasteiger partial charge is 0.339 e. The molecule has 26 heavy (non-hydrogen) atoms. The number of rotatable bonds is 4. The first-order valence-electron chi connectivity index (χ1n) is 8.64. The third-order valence-corrected chi connectivity index (χ3v) is 4.92. The Balaban J connectivity index is 1.50. The molecule has 0 spiro atoms. The Kier molecular flexibility index (Phi) is 4.17. The Morgan fingerprint density at radius 1 is 0.962 bits per heavy atom. The predicted octanol–water partition coefficient (Wildman–Crippen LogP) is 4.37. The van der Waals surface area contributed by atoms with E-state index in [0.29, 0.717) is 11.3 Å². The van der Waals surface area contributed by atoms with Crippen LogP contribution >= 0.6 is 0 Å². The molecule has 1 aliphatic rings. The van der Waals surface area contributed by atoms with Gasteiger partial charge in [-0.25, -0.2) is 4.79 Å². The maximum Gasteiger partial charge on any atom is 0.339 e. The fourth-order valence-electron chi connectivity index (χ4n) is 3.40. The summed E-state index contributed by atoms with van der Waals surface area (Å²) in [5.74, 6) is -0.353. The number of carbonyl (C=O) groups excluding carboxylic acids is 2. The molecule has 1 saturated carbocycles. The van der Waals surface area contributed by atoms with Gasteiger partial charge in [0.25, 0.3) is 0 Å². The predicted molar refractivity (Wildman–Crippen MR) is 101 cm³/mol. The van der Waals surface area contributed by atoms with Crippen LogP contribution in [0.5, 0.6) is 0 Å². The number of benzene rings is 3. The van der Waals surface area contributed by atoms with Crippen LogP contribution in [0.15, 0.2) is 66.7 Å². The molecule has 1 N–H and O–H groups in total. The highest BCUT2D eigenvalue weighted by molar-refractivity contribution is 6.02. The van der Waals surface area contributed by atoms with E-state index < -0.39 is 5.97 Å². The number of para-hydroxylation sites is 1. The molecular formula is C22H19NO3. The topological polar surface area (TPSA) is 55.4 Å². The van der Waals surface area contributed by atoms with Gasteiger partial charge in [0.1, 0.15) is 0 Å². The molecule has 0 unspecified atom stereocenters. The molecular weight excluding hydrogens is 326 g/mol. The van der Waals surface area contributed by atoms with Crippen LogP contribution in [0.3, 0.4) is 0 Å². The van der Waals surface area contributed by atoms with Gasteiger partial charge in [-0.3, -0.25) is 4.79 Å². The van der Waals surface area contributed by atoms with Gasteiger partial charge < -0.3 is 10.1 Å². The number of nitrogens with one attached hydrogen (secondary N) is 1. The van der Waals surface area contributed by atoms with Gasteiger partial charge in [-0.1, -0.05) is 54.6 Å². The first-order valence-corrected chi connectivity index (χ1v) is 8.64. The molecule has 1 aliphatic carbocycles. The molecule has 0 heterocycles. The van der Waals surface area contributed by atoms with Crippen molar-refractivity contribution in [3.05, 3.63) is 77.9 Å². The maximum absolute atomic E-state index is 12.6. The van der Waals surface area contributed by atoms with Crippen LogP contribution in [0.25, 0.3) is 10.8 Å². The maximum atomic E-state index is 12.6. The van der Waals surface area contributed by atoms with Crippen LogP contribution < -0.4 is 5.32 Å². The van der Waals surface area contributed by atoms with Crippen molar-refractivity contribution in [2.75, 3.05) is 12.4 Å². The minimum Gasteiger partial charge on any atom is -0.465 e. The van der Waals surface area contributed by atoms with E-state index in [0.717, 1.165) is 6.42 Å². The molecule has 1 amide bonds. The average Bonchev–Trinajstić information content (AvgIpc) is 3.48. The van der Waals surface area contributed by atoms with Gasteiger partial charge in [0.2, 0.25) is 5.91 Å². The Bertz CT molecular complexity index is 995. The SMILES string of the molecule is COC(=O)c1ccccc1NC(=O)[C@@H]1C[C@H]1c1ccc2ccccc2c1. The van der Waals surface area contributed by atoms with Crippen LogP contribution in [0.1, 0.15) is 28.3 Å². The second kappa shape index (κ2) is 6.64. The lowest BCUT2D eigenvalue weighted by Crippen LogP contribution is -2.17.